The lowest BCUT2D eigenvalue weighted by Gasteiger charge is -2.35. The molecule has 1 amide bonds. The van der Waals surface area contributed by atoms with Crippen molar-refractivity contribution in [1.82, 2.24) is 9.80 Å². The van der Waals surface area contributed by atoms with E-state index in [0.717, 1.165) is 36.0 Å². The maximum absolute atomic E-state index is 12.3. The topological polar surface area (TPSA) is 23.6 Å². The minimum Gasteiger partial charge on any atom is -0.342 e. The van der Waals surface area contributed by atoms with Crippen LogP contribution in [0.1, 0.15) is 18.4 Å². The van der Waals surface area contributed by atoms with Gasteiger partial charge in [0.05, 0.1) is 6.42 Å². The first-order valence-corrected chi connectivity index (χ1v) is 7.55. The number of halogens is 1. The van der Waals surface area contributed by atoms with Gasteiger partial charge < -0.3 is 9.80 Å². The van der Waals surface area contributed by atoms with Crippen molar-refractivity contribution in [1.29, 1.82) is 0 Å². The van der Waals surface area contributed by atoms with Crippen molar-refractivity contribution in [3.8, 4) is 0 Å². The molecule has 104 valence electrons. The second-order valence-electron chi connectivity index (χ2n) is 5.34. The average molecular weight is 325 g/mol. The van der Waals surface area contributed by atoms with Gasteiger partial charge in [-0.1, -0.05) is 34.1 Å². The van der Waals surface area contributed by atoms with Crippen LogP contribution in [0.5, 0.6) is 0 Å². The fourth-order valence-electron chi connectivity index (χ4n) is 2.55. The molecule has 4 heteroatoms. The summed E-state index contributed by atoms with van der Waals surface area (Å²) in [5.74, 6) is 0.240. The Kier molecular flexibility index (Phi) is 4.99. The van der Waals surface area contributed by atoms with E-state index in [0.29, 0.717) is 12.5 Å². The van der Waals surface area contributed by atoms with Crippen LogP contribution in [0.15, 0.2) is 28.7 Å². The molecule has 19 heavy (non-hydrogen) atoms. The predicted octanol–water partition coefficient (Wildman–Crippen LogP) is 2.54. The van der Waals surface area contributed by atoms with E-state index in [1.54, 1.807) is 0 Å². The summed E-state index contributed by atoms with van der Waals surface area (Å²) in [6.45, 7) is 1.76. The van der Waals surface area contributed by atoms with Crippen molar-refractivity contribution in [3.05, 3.63) is 34.3 Å². The van der Waals surface area contributed by atoms with Gasteiger partial charge in [-0.25, -0.2) is 0 Å². The first-order chi connectivity index (χ1) is 9.08. The van der Waals surface area contributed by atoms with Crippen LogP contribution in [0.3, 0.4) is 0 Å². The second-order valence-corrected chi connectivity index (χ2v) is 6.20. The molecule has 1 saturated heterocycles. The molecule has 1 fully saturated rings. The molecule has 0 radical (unpaired) electrons. The summed E-state index contributed by atoms with van der Waals surface area (Å²) in [6, 6.07) is 8.56. The van der Waals surface area contributed by atoms with Gasteiger partial charge in [0, 0.05) is 23.6 Å². The van der Waals surface area contributed by atoms with Crippen LogP contribution in [0.2, 0.25) is 0 Å². The van der Waals surface area contributed by atoms with Gasteiger partial charge in [-0.15, -0.1) is 0 Å². The van der Waals surface area contributed by atoms with Crippen LogP contribution in [0.25, 0.3) is 0 Å². The van der Waals surface area contributed by atoms with Crippen LogP contribution >= 0.6 is 15.9 Å². The first kappa shape index (κ1) is 14.5. The summed E-state index contributed by atoms with van der Waals surface area (Å²) in [6.07, 6.45) is 2.65. The Morgan fingerprint density at radius 3 is 2.53 bits per heavy atom. The fourth-order valence-corrected chi connectivity index (χ4v) is 2.97. The molecule has 0 aliphatic carbocycles. The van der Waals surface area contributed by atoms with E-state index < -0.39 is 0 Å². The molecule has 2 rings (SSSR count). The average Bonchev–Trinajstić information content (AvgIpc) is 2.41. The highest BCUT2D eigenvalue weighted by Gasteiger charge is 2.23. The molecule has 1 aliphatic rings. The highest BCUT2D eigenvalue weighted by molar-refractivity contribution is 9.10. The van der Waals surface area contributed by atoms with E-state index >= 15 is 0 Å². The van der Waals surface area contributed by atoms with E-state index in [1.807, 2.05) is 29.2 Å². The number of hydrogen-bond donors (Lipinski definition) is 0. The van der Waals surface area contributed by atoms with Crippen LogP contribution in [0.4, 0.5) is 0 Å². The molecular weight excluding hydrogens is 304 g/mol. The van der Waals surface area contributed by atoms with E-state index in [2.05, 4.69) is 34.9 Å². The molecule has 0 atom stereocenters. The highest BCUT2D eigenvalue weighted by atomic mass is 79.9. The molecule has 0 N–H and O–H groups in total. The number of carbonyl (C=O) groups excluding carboxylic acids is 1. The molecule has 1 heterocycles. The molecule has 3 nitrogen and oxygen atoms in total. The Labute approximate surface area is 123 Å². The van der Waals surface area contributed by atoms with Crippen LogP contribution in [-0.4, -0.2) is 48.9 Å². The molecule has 1 aromatic carbocycles. The van der Waals surface area contributed by atoms with Crippen molar-refractivity contribution >= 4 is 21.8 Å². The Morgan fingerprint density at radius 1 is 1.32 bits per heavy atom. The van der Waals surface area contributed by atoms with E-state index in [9.17, 15) is 4.79 Å². The number of amides is 1. The Bertz CT molecular complexity index is 440. The summed E-state index contributed by atoms with van der Waals surface area (Å²) in [4.78, 5) is 16.5. The van der Waals surface area contributed by atoms with E-state index in [1.165, 1.54) is 0 Å². The summed E-state index contributed by atoms with van der Waals surface area (Å²) in [5, 5.41) is 0. The van der Waals surface area contributed by atoms with E-state index in [-0.39, 0.29) is 5.91 Å². The standard InChI is InChI=1S/C15H21BrN2O/c1-17(2)13-7-9-18(10-8-13)15(19)11-12-5-3-4-6-14(12)16/h3-6,13H,7-11H2,1-2H3. The fraction of sp³-hybridized carbons (Fsp3) is 0.533. The second kappa shape index (κ2) is 6.53. The van der Waals surface area contributed by atoms with Crippen molar-refractivity contribution in [3.63, 3.8) is 0 Å². The Balaban J connectivity index is 1.90. The largest absolute Gasteiger partial charge is 0.342 e. The third kappa shape index (κ3) is 3.80. The van der Waals surface area contributed by atoms with Crippen molar-refractivity contribution in [2.75, 3.05) is 27.2 Å². The lowest BCUT2D eigenvalue weighted by Crippen LogP contribution is -2.45. The SMILES string of the molecule is CN(C)C1CCN(C(=O)Cc2ccccc2Br)CC1. The summed E-state index contributed by atoms with van der Waals surface area (Å²) < 4.78 is 1.02. The molecule has 0 aromatic heterocycles. The number of hydrogen-bond acceptors (Lipinski definition) is 2. The zero-order valence-electron chi connectivity index (χ0n) is 11.6. The van der Waals surface area contributed by atoms with Crippen LogP contribution in [-0.2, 0) is 11.2 Å². The zero-order valence-corrected chi connectivity index (χ0v) is 13.2. The van der Waals surface area contributed by atoms with Gasteiger partial charge in [-0.3, -0.25) is 4.79 Å². The molecule has 0 unspecified atom stereocenters. The predicted molar refractivity (Wildman–Crippen MR) is 81.1 cm³/mol. The smallest absolute Gasteiger partial charge is 0.227 e. The third-order valence-electron chi connectivity index (χ3n) is 3.85. The number of nitrogens with zero attached hydrogens (tertiary/aromatic N) is 2. The summed E-state index contributed by atoms with van der Waals surface area (Å²) >= 11 is 3.50. The minimum atomic E-state index is 0.240. The van der Waals surface area contributed by atoms with Crippen molar-refractivity contribution in [2.24, 2.45) is 0 Å². The molecule has 1 aliphatic heterocycles. The number of likely N-dealkylation sites (tertiary alicyclic amines) is 1. The van der Waals surface area contributed by atoms with Crippen LogP contribution in [0, 0.1) is 0 Å². The maximum atomic E-state index is 12.3. The molecule has 1 aromatic rings. The van der Waals surface area contributed by atoms with Gasteiger partial charge >= 0.3 is 0 Å². The number of piperidine rings is 1. The zero-order chi connectivity index (χ0) is 13.8. The van der Waals surface area contributed by atoms with Gasteiger partial charge in [0.15, 0.2) is 0 Å². The third-order valence-corrected chi connectivity index (χ3v) is 4.62. The number of benzene rings is 1. The maximum Gasteiger partial charge on any atom is 0.227 e. The van der Waals surface area contributed by atoms with Crippen molar-refractivity contribution < 1.29 is 4.79 Å². The Hall–Kier alpha value is -0.870. The van der Waals surface area contributed by atoms with Crippen molar-refractivity contribution in [2.45, 2.75) is 25.3 Å². The lowest BCUT2D eigenvalue weighted by molar-refractivity contribution is -0.131. The molecule has 0 spiro atoms. The molecular formula is C15H21BrN2O. The highest BCUT2D eigenvalue weighted by Crippen LogP contribution is 2.19. The molecule has 0 saturated carbocycles. The van der Waals surface area contributed by atoms with Gasteiger partial charge in [-0.2, -0.15) is 0 Å². The number of carbonyl (C=O) groups is 1. The summed E-state index contributed by atoms with van der Waals surface area (Å²) in [7, 11) is 4.23. The normalized spacial score (nSPS) is 16.9. The minimum absolute atomic E-state index is 0.240. The van der Waals surface area contributed by atoms with Gasteiger partial charge in [0.2, 0.25) is 5.91 Å². The first-order valence-electron chi connectivity index (χ1n) is 6.75. The molecule has 0 bridgehead atoms. The summed E-state index contributed by atoms with van der Waals surface area (Å²) in [5.41, 5.74) is 1.07. The lowest BCUT2D eigenvalue weighted by atomic mass is 10.0. The van der Waals surface area contributed by atoms with Gasteiger partial charge in [0.1, 0.15) is 0 Å². The quantitative estimate of drug-likeness (QED) is 0.853. The van der Waals surface area contributed by atoms with Crippen LogP contribution < -0.4 is 0 Å². The van der Waals surface area contributed by atoms with Gasteiger partial charge in [-0.05, 0) is 38.6 Å². The Morgan fingerprint density at radius 2 is 1.95 bits per heavy atom. The monoisotopic (exact) mass is 324 g/mol. The number of rotatable bonds is 3. The van der Waals surface area contributed by atoms with E-state index in [4.69, 9.17) is 0 Å². The van der Waals surface area contributed by atoms with Gasteiger partial charge in [0.25, 0.3) is 0 Å².